The maximum atomic E-state index is 5.95. The maximum Gasteiger partial charge on any atom is 0.191 e. The maximum absolute atomic E-state index is 5.95. The van der Waals surface area contributed by atoms with Gasteiger partial charge >= 0.3 is 0 Å². The van der Waals surface area contributed by atoms with Gasteiger partial charge in [0.2, 0.25) is 0 Å². The molecular formula is C20H33N3O2. The number of rotatable bonds is 9. The first-order valence-corrected chi connectivity index (χ1v) is 9.47. The Labute approximate surface area is 152 Å². The van der Waals surface area contributed by atoms with Gasteiger partial charge in [0, 0.05) is 33.9 Å². The molecule has 1 aromatic rings. The van der Waals surface area contributed by atoms with Crippen LogP contribution in [0.1, 0.15) is 50.2 Å². The van der Waals surface area contributed by atoms with Gasteiger partial charge in [-0.05, 0) is 24.8 Å². The Morgan fingerprint density at radius 2 is 1.92 bits per heavy atom. The SMILES string of the molecule is CN=C(NCCCOC1CCCCC1)NCC(OC)c1ccccc1. The number of nitrogens with zero attached hydrogens (tertiary/aromatic N) is 1. The predicted octanol–water partition coefficient (Wildman–Crippen LogP) is 3.28. The van der Waals surface area contributed by atoms with E-state index in [9.17, 15) is 0 Å². The van der Waals surface area contributed by atoms with Gasteiger partial charge in [0.15, 0.2) is 5.96 Å². The number of benzene rings is 1. The summed E-state index contributed by atoms with van der Waals surface area (Å²) < 4.78 is 11.5. The average molecular weight is 348 g/mol. The molecule has 0 spiro atoms. The summed E-state index contributed by atoms with van der Waals surface area (Å²) in [5, 5.41) is 6.67. The van der Waals surface area contributed by atoms with Crippen molar-refractivity contribution in [3.63, 3.8) is 0 Å². The van der Waals surface area contributed by atoms with Crippen LogP contribution in [0.5, 0.6) is 0 Å². The van der Waals surface area contributed by atoms with Crippen molar-refractivity contribution in [3.8, 4) is 0 Å². The normalized spacial score (nSPS) is 17.3. The van der Waals surface area contributed by atoms with E-state index in [1.807, 2.05) is 18.2 Å². The first-order chi connectivity index (χ1) is 12.3. The number of methoxy groups -OCH3 is 1. The van der Waals surface area contributed by atoms with Crippen LogP contribution in [0.3, 0.4) is 0 Å². The molecule has 1 aliphatic rings. The molecule has 0 bridgehead atoms. The molecule has 0 amide bonds. The first-order valence-electron chi connectivity index (χ1n) is 9.47. The van der Waals surface area contributed by atoms with E-state index in [4.69, 9.17) is 9.47 Å². The number of guanidine groups is 1. The minimum absolute atomic E-state index is 0.00869. The second-order valence-electron chi connectivity index (χ2n) is 6.50. The lowest BCUT2D eigenvalue weighted by atomic mass is 9.98. The third-order valence-electron chi connectivity index (χ3n) is 4.65. The lowest BCUT2D eigenvalue weighted by molar-refractivity contribution is 0.0277. The summed E-state index contributed by atoms with van der Waals surface area (Å²) in [6, 6.07) is 10.2. The second kappa shape index (κ2) is 11.9. The molecule has 1 aliphatic carbocycles. The van der Waals surface area contributed by atoms with Crippen molar-refractivity contribution in [1.82, 2.24) is 10.6 Å². The molecule has 1 unspecified atom stereocenters. The van der Waals surface area contributed by atoms with Crippen molar-refractivity contribution >= 4 is 5.96 Å². The van der Waals surface area contributed by atoms with E-state index in [1.165, 1.54) is 32.1 Å². The molecule has 0 heterocycles. The molecule has 0 aliphatic heterocycles. The van der Waals surface area contributed by atoms with Crippen molar-refractivity contribution in [1.29, 1.82) is 0 Å². The first kappa shape index (κ1) is 19.7. The minimum atomic E-state index is 0.00869. The molecule has 25 heavy (non-hydrogen) atoms. The van der Waals surface area contributed by atoms with Crippen LogP contribution in [0, 0.1) is 0 Å². The molecule has 0 aromatic heterocycles. The third-order valence-corrected chi connectivity index (χ3v) is 4.65. The predicted molar refractivity (Wildman–Crippen MR) is 103 cm³/mol. The fraction of sp³-hybridized carbons (Fsp3) is 0.650. The molecule has 1 atom stereocenters. The molecule has 5 nitrogen and oxygen atoms in total. The third kappa shape index (κ3) is 7.45. The molecule has 2 N–H and O–H groups in total. The smallest absolute Gasteiger partial charge is 0.191 e. The highest BCUT2D eigenvalue weighted by molar-refractivity contribution is 5.79. The van der Waals surface area contributed by atoms with Gasteiger partial charge in [0.25, 0.3) is 0 Å². The Bertz CT molecular complexity index is 487. The molecular weight excluding hydrogens is 314 g/mol. The molecule has 0 saturated heterocycles. The molecule has 0 radical (unpaired) electrons. The lowest BCUT2D eigenvalue weighted by Crippen LogP contribution is -2.40. The molecule has 1 fully saturated rings. The Kier molecular flexibility index (Phi) is 9.37. The van der Waals surface area contributed by atoms with Gasteiger partial charge in [0.05, 0.1) is 12.2 Å². The fourth-order valence-electron chi connectivity index (χ4n) is 3.18. The van der Waals surface area contributed by atoms with Crippen molar-refractivity contribution < 1.29 is 9.47 Å². The molecule has 1 saturated carbocycles. The molecule has 5 heteroatoms. The summed E-state index contributed by atoms with van der Waals surface area (Å²) in [6.07, 6.45) is 7.96. The summed E-state index contributed by atoms with van der Waals surface area (Å²) in [5.74, 6) is 0.802. The van der Waals surface area contributed by atoms with E-state index in [0.717, 1.165) is 31.1 Å². The Balaban J connectivity index is 1.61. The van der Waals surface area contributed by atoms with Crippen molar-refractivity contribution in [2.45, 2.75) is 50.7 Å². The van der Waals surface area contributed by atoms with Gasteiger partial charge in [-0.1, -0.05) is 49.6 Å². The van der Waals surface area contributed by atoms with Crippen LogP contribution in [0.15, 0.2) is 35.3 Å². The largest absolute Gasteiger partial charge is 0.378 e. The summed E-state index contributed by atoms with van der Waals surface area (Å²) >= 11 is 0. The van der Waals surface area contributed by atoms with E-state index in [0.29, 0.717) is 12.6 Å². The highest BCUT2D eigenvalue weighted by Gasteiger charge is 2.13. The van der Waals surface area contributed by atoms with E-state index < -0.39 is 0 Å². The van der Waals surface area contributed by atoms with Gasteiger partial charge in [-0.2, -0.15) is 0 Å². The van der Waals surface area contributed by atoms with Gasteiger partial charge in [-0.25, -0.2) is 0 Å². The van der Waals surface area contributed by atoms with Crippen LogP contribution < -0.4 is 10.6 Å². The van der Waals surface area contributed by atoms with Gasteiger partial charge in [-0.15, -0.1) is 0 Å². The standard InChI is InChI=1S/C20H33N3O2/c1-21-20(22-14-9-15-25-18-12-7-4-8-13-18)23-16-19(24-2)17-10-5-3-6-11-17/h3,5-6,10-11,18-19H,4,7-9,12-16H2,1-2H3,(H2,21,22,23). The molecule has 2 rings (SSSR count). The molecule has 1 aromatic carbocycles. The van der Waals surface area contributed by atoms with Gasteiger partial charge in [-0.3, -0.25) is 4.99 Å². The number of ether oxygens (including phenoxy) is 2. The van der Waals surface area contributed by atoms with Crippen LogP contribution in [-0.4, -0.2) is 45.9 Å². The van der Waals surface area contributed by atoms with E-state index in [2.05, 4.69) is 27.8 Å². The van der Waals surface area contributed by atoms with Crippen molar-refractivity contribution in [2.75, 3.05) is 33.9 Å². The Hall–Kier alpha value is -1.59. The van der Waals surface area contributed by atoms with Crippen LogP contribution in [-0.2, 0) is 9.47 Å². The summed E-state index contributed by atoms with van der Waals surface area (Å²) in [4.78, 5) is 4.27. The van der Waals surface area contributed by atoms with E-state index in [1.54, 1.807) is 14.2 Å². The number of hydrogen-bond donors (Lipinski definition) is 2. The summed E-state index contributed by atoms with van der Waals surface area (Å²) in [7, 11) is 3.52. The number of aliphatic imine (C=N–C) groups is 1. The minimum Gasteiger partial charge on any atom is -0.378 e. The second-order valence-corrected chi connectivity index (χ2v) is 6.50. The highest BCUT2D eigenvalue weighted by Crippen LogP contribution is 2.20. The Morgan fingerprint density at radius 3 is 2.60 bits per heavy atom. The zero-order valence-corrected chi connectivity index (χ0v) is 15.7. The van der Waals surface area contributed by atoms with Gasteiger partial charge < -0.3 is 20.1 Å². The quantitative estimate of drug-likeness (QED) is 0.409. The van der Waals surface area contributed by atoms with Crippen LogP contribution >= 0.6 is 0 Å². The van der Waals surface area contributed by atoms with Crippen molar-refractivity contribution in [3.05, 3.63) is 35.9 Å². The zero-order chi connectivity index (χ0) is 17.7. The summed E-state index contributed by atoms with van der Waals surface area (Å²) in [6.45, 7) is 2.35. The lowest BCUT2D eigenvalue weighted by Gasteiger charge is -2.22. The topological polar surface area (TPSA) is 54.9 Å². The highest BCUT2D eigenvalue weighted by atomic mass is 16.5. The monoisotopic (exact) mass is 347 g/mol. The van der Waals surface area contributed by atoms with E-state index in [-0.39, 0.29) is 6.10 Å². The fourth-order valence-corrected chi connectivity index (χ4v) is 3.18. The molecule has 140 valence electrons. The Morgan fingerprint density at radius 1 is 1.16 bits per heavy atom. The van der Waals surface area contributed by atoms with Crippen LogP contribution in [0.4, 0.5) is 0 Å². The number of nitrogens with one attached hydrogen (secondary N) is 2. The average Bonchev–Trinajstić information content (AvgIpc) is 2.68. The van der Waals surface area contributed by atoms with Crippen molar-refractivity contribution in [2.24, 2.45) is 4.99 Å². The van der Waals surface area contributed by atoms with E-state index >= 15 is 0 Å². The van der Waals surface area contributed by atoms with Crippen LogP contribution in [0.2, 0.25) is 0 Å². The number of hydrogen-bond acceptors (Lipinski definition) is 3. The zero-order valence-electron chi connectivity index (χ0n) is 15.7. The summed E-state index contributed by atoms with van der Waals surface area (Å²) in [5.41, 5.74) is 1.16. The van der Waals surface area contributed by atoms with Crippen LogP contribution in [0.25, 0.3) is 0 Å². The van der Waals surface area contributed by atoms with Gasteiger partial charge in [0.1, 0.15) is 0 Å².